The second-order valence-corrected chi connectivity index (χ2v) is 14.7. The van der Waals surface area contributed by atoms with E-state index in [2.05, 4.69) is 118 Å². The van der Waals surface area contributed by atoms with E-state index in [1.807, 2.05) is 48.6 Å². The fourth-order valence-electron chi connectivity index (χ4n) is 5.48. The summed E-state index contributed by atoms with van der Waals surface area (Å²) in [5.41, 5.74) is 0. The number of hydrogen-bond donors (Lipinski definition) is 0. The fraction of sp³-hybridized carbons (Fsp3) is 0.509. The molecule has 61 heavy (non-hydrogen) atoms. The second kappa shape index (κ2) is 48.0. The summed E-state index contributed by atoms with van der Waals surface area (Å²) in [4.78, 5) is 37.8. The first-order valence-corrected chi connectivity index (χ1v) is 23.4. The summed E-state index contributed by atoms with van der Waals surface area (Å²) in [7, 11) is 0. The lowest BCUT2D eigenvalue weighted by Crippen LogP contribution is -2.30. The molecule has 0 heterocycles. The van der Waals surface area contributed by atoms with Crippen molar-refractivity contribution in [2.45, 2.75) is 168 Å². The molecular formula is C55H82O6. The highest BCUT2D eigenvalue weighted by atomic mass is 16.6. The van der Waals surface area contributed by atoms with Gasteiger partial charge in [0.05, 0.1) is 0 Å². The zero-order chi connectivity index (χ0) is 44.4. The molecule has 1 atom stereocenters. The zero-order valence-corrected chi connectivity index (χ0v) is 38.4. The van der Waals surface area contributed by atoms with Crippen molar-refractivity contribution in [2.75, 3.05) is 13.2 Å². The van der Waals surface area contributed by atoms with E-state index >= 15 is 0 Å². The molecule has 6 heteroatoms. The van der Waals surface area contributed by atoms with Crippen molar-refractivity contribution >= 4 is 17.9 Å². The van der Waals surface area contributed by atoms with Crippen molar-refractivity contribution in [1.29, 1.82) is 0 Å². The van der Waals surface area contributed by atoms with Gasteiger partial charge in [-0.1, -0.05) is 186 Å². The van der Waals surface area contributed by atoms with Gasteiger partial charge in [-0.05, 0) is 103 Å². The standard InChI is InChI=1S/C55H82O6/c1-4-7-10-13-16-19-22-24-26-27-29-30-33-36-39-42-45-48-54(57)60-51-52(50-59-53(56)47-44-41-38-35-32-21-18-15-12-9-6-3)61-55(58)49-46-43-40-37-34-31-28-25-23-20-17-14-11-8-5-2/h8-9,11-12,14,16-21,23-26,28-31,34-36,38-39,52H,4-7,10,13,15,22,27,32-33,37,40-51H2,1-3H3/b11-8-,12-9-,17-14-,19-16-,21-18-,23-20-,26-24-,28-25-,30-29-,34-31-,38-35-,39-36-. The number of carbonyl (C=O) groups is 3. The topological polar surface area (TPSA) is 78.9 Å². The van der Waals surface area contributed by atoms with Crippen LogP contribution in [0.5, 0.6) is 0 Å². The molecule has 338 valence electrons. The van der Waals surface area contributed by atoms with E-state index in [1.165, 1.54) is 25.7 Å². The summed E-state index contributed by atoms with van der Waals surface area (Å²) >= 11 is 0. The lowest BCUT2D eigenvalue weighted by molar-refractivity contribution is -0.167. The van der Waals surface area contributed by atoms with Gasteiger partial charge in [0.2, 0.25) is 0 Å². The lowest BCUT2D eigenvalue weighted by atomic mass is 10.1. The van der Waals surface area contributed by atoms with Crippen LogP contribution >= 0.6 is 0 Å². The molecule has 0 aromatic rings. The Morgan fingerprint density at radius 3 is 1.21 bits per heavy atom. The van der Waals surface area contributed by atoms with Crippen LogP contribution in [0.4, 0.5) is 0 Å². The molecule has 6 nitrogen and oxygen atoms in total. The molecule has 0 aliphatic heterocycles. The van der Waals surface area contributed by atoms with E-state index in [1.54, 1.807) is 0 Å². The number of allylic oxidation sites excluding steroid dienone is 24. The summed E-state index contributed by atoms with van der Waals surface area (Å²) in [6, 6.07) is 0. The van der Waals surface area contributed by atoms with Gasteiger partial charge in [-0.2, -0.15) is 0 Å². The van der Waals surface area contributed by atoms with E-state index in [4.69, 9.17) is 14.2 Å². The van der Waals surface area contributed by atoms with Crippen LogP contribution in [0, 0.1) is 0 Å². The van der Waals surface area contributed by atoms with Crippen LogP contribution in [-0.2, 0) is 28.6 Å². The summed E-state index contributed by atoms with van der Waals surface area (Å²) in [6.07, 6.45) is 68.4. The first kappa shape index (κ1) is 56.3. The zero-order valence-electron chi connectivity index (χ0n) is 38.4. The number of ether oxygens (including phenoxy) is 3. The smallest absolute Gasteiger partial charge is 0.306 e. The molecule has 0 saturated carbocycles. The van der Waals surface area contributed by atoms with Gasteiger partial charge in [0.1, 0.15) is 13.2 Å². The SMILES string of the molecule is CC\C=C/C=C\C=C/C=C\C=C/CCCCCC(=O)OC(COC(=O)CCC/C=C\C/C=C\C/C=C\CC)COC(=O)CCC/C=C\C/C=C\C/C=C\C/C=C\CCCCC. The Bertz CT molecular complexity index is 1430. The Balaban J connectivity index is 4.64. The van der Waals surface area contributed by atoms with E-state index in [-0.39, 0.29) is 50.4 Å². The molecule has 0 radical (unpaired) electrons. The first-order chi connectivity index (χ1) is 30.0. The maximum atomic E-state index is 12.7. The quantitative estimate of drug-likeness (QED) is 0.0202. The Morgan fingerprint density at radius 2 is 0.738 bits per heavy atom. The molecular weight excluding hydrogens is 757 g/mol. The minimum atomic E-state index is -0.847. The van der Waals surface area contributed by atoms with Gasteiger partial charge in [0, 0.05) is 19.3 Å². The van der Waals surface area contributed by atoms with Crippen molar-refractivity contribution in [3.05, 3.63) is 146 Å². The Morgan fingerprint density at radius 1 is 0.361 bits per heavy atom. The van der Waals surface area contributed by atoms with Crippen molar-refractivity contribution in [3.63, 3.8) is 0 Å². The van der Waals surface area contributed by atoms with Gasteiger partial charge in [0.15, 0.2) is 6.10 Å². The van der Waals surface area contributed by atoms with Crippen LogP contribution in [-0.4, -0.2) is 37.2 Å². The lowest BCUT2D eigenvalue weighted by Gasteiger charge is -2.18. The van der Waals surface area contributed by atoms with Crippen LogP contribution in [0.2, 0.25) is 0 Å². The van der Waals surface area contributed by atoms with Gasteiger partial charge in [0.25, 0.3) is 0 Å². The molecule has 0 rings (SSSR count). The predicted octanol–water partition coefficient (Wildman–Crippen LogP) is 15.3. The minimum Gasteiger partial charge on any atom is -0.462 e. The highest BCUT2D eigenvalue weighted by molar-refractivity contribution is 5.71. The molecule has 0 aliphatic carbocycles. The average molecular weight is 839 g/mol. The van der Waals surface area contributed by atoms with E-state index in [0.29, 0.717) is 19.3 Å². The molecule has 0 saturated heterocycles. The van der Waals surface area contributed by atoms with Crippen LogP contribution in [0.1, 0.15) is 162 Å². The van der Waals surface area contributed by atoms with Gasteiger partial charge in [-0.3, -0.25) is 14.4 Å². The molecule has 0 fully saturated rings. The Kier molecular flexibility index (Phi) is 44.3. The average Bonchev–Trinajstić information content (AvgIpc) is 3.26. The van der Waals surface area contributed by atoms with E-state index in [9.17, 15) is 14.4 Å². The summed E-state index contributed by atoms with van der Waals surface area (Å²) in [5, 5.41) is 0. The maximum Gasteiger partial charge on any atom is 0.306 e. The minimum absolute atomic E-state index is 0.146. The number of carbonyl (C=O) groups excluding carboxylic acids is 3. The van der Waals surface area contributed by atoms with Crippen molar-refractivity contribution in [2.24, 2.45) is 0 Å². The van der Waals surface area contributed by atoms with E-state index < -0.39 is 6.10 Å². The molecule has 1 unspecified atom stereocenters. The second-order valence-electron chi connectivity index (χ2n) is 14.7. The summed E-state index contributed by atoms with van der Waals surface area (Å²) < 4.78 is 16.6. The third-order valence-corrected chi connectivity index (χ3v) is 8.94. The monoisotopic (exact) mass is 839 g/mol. The van der Waals surface area contributed by atoms with Crippen molar-refractivity contribution < 1.29 is 28.6 Å². The van der Waals surface area contributed by atoms with Crippen molar-refractivity contribution in [3.8, 4) is 0 Å². The van der Waals surface area contributed by atoms with Gasteiger partial charge >= 0.3 is 17.9 Å². The Labute approximate surface area is 372 Å². The highest BCUT2D eigenvalue weighted by Crippen LogP contribution is 2.09. The fourth-order valence-corrected chi connectivity index (χ4v) is 5.48. The third kappa shape index (κ3) is 46.2. The van der Waals surface area contributed by atoms with Gasteiger partial charge in [-0.15, -0.1) is 0 Å². The van der Waals surface area contributed by atoms with Crippen LogP contribution in [0.25, 0.3) is 0 Å². The van der Waals surface area contributed by atoms with Crippen LogP contribution in [0.3, 0.4) is 0 Å². The van der Waals surface area contributed by atoms with Crippen LogP contribution in [0.15, 0.2) is 146 Å². The van der Waals surface area contributed by atoms with E-state index in [0.717, 1.165) is 77.0 Å². The van der Waals surface area contributed by atoms with Gasteiger partial charge in [-0.25, -0.2) is 0 Å². The molecule has 0 amide bonds. The predicted molar refractivity (Wildman–Crippen MR) is 260 cm³/mol. The number of rotatable bonds is 39. The molecule has 0 aromatic carbocycles. The maximum absolute atomic E-state index is 12.7. The highest BCUT2D eigenvalue weighted by Gasteiger charge is 2.19. The molecule has 0 aliphatic rings. The van der Waals surface area contributed by atoms with Crippen LogP contribution < -0.4 is 0 Å². The molecule has 0 spiro atoms. The largest absolute Gasteiger partial charge is 0.462 e. The number of esters is 3. The third-order valence-electron chi connectivity index (χ3n) is 8.94. The molecule has 0 aromatic heterocycles. The number of unbranched alkanes of at least 4 members (excludes halogenated alkanes) is 8. The van der Waals surface area contributed by atoms with Gasteiger partial charge < -0.3 is 14.2 Å². The van der Waals surface area contributed by atoms with Crippen molar-refractivity contribution in [1.82, 2.24) is 0 Å². The Hall–Kier alpha value is -4.71. The molecule has 0 N–H and O–H groups in total. The first-order valence-electron chi connectivity index (χ1n) is 23.4. The molecule has 0 bridgehead atoms. The normalized spacial score (nSPS) is 13.4. The summed E-state index contributed by atoms with van der Waals surface area (Å²) in [5.74, 6) is -1.11. The summed E-state index contributed by atoms with van der Waals surface area (Å²) in [6.45, 7) is 6.17. The number of hydrogen-bond acceptors (Lipinski definition) is 6.